The highest BCUT2D eigenvalue weighted by Gasteiger charge is 2.58. The highest BCUT2D eigenvalue weighted by molar-refractivity contribution is 6.30. The van der Waals surface area contributed by atoms with Gasteiger partial charge in [0.25, 0.3) is 5.60 Å². The van der Waals surface area contributed by atoms with Crippen LogP contribution in [0.25, 0.3) is 0 Å². The number of rotatable bonds is 4. The first-order valence-electron chi connectivity index (χ1n) is 5.57. The molecule has 0 aliphatic rings. The molecule has 1 unspecified atom stereocenters. The third-order valence-corrected chi connectivity index (χ3v) is 3.09. The van der Waals surface area contributed by atoms with E-state index in [-0.39, 0.29) is 0 Å². The van der Waals surface area contributed by atoms with E-state index in [1.165, 1.54) is 0 Å². The standard InChI is InChI=1S/C12H10ClF6NO/c1-3-10(21-20-2,12(17,18)19)7-4-8(11(14,15)16)6-9(13)5-7/h4-6H,2-3H2,1H3. The number of nitrogens with zero attached hydrogens (tertiary/aromatic N) is 1. The van der Waals surface area contributed by atoms with Crippen LogP contribution in [0.1, 0.15) is 24.5 Å². The average molecular weight is 334 g/mol. The molecule has 0 radical (unpaired) electrons. The smallest absolute Gasteiger partial charge is 0.375 e. The molecule has 21 heavy (non-hydrogen) atoms. The highest BCUT2D eigenvalue weighted by atomic mass is 35.5. The molecule has 0 saturated carbocycles. The van der Waals surface area contributed by atoms with E-state index < -0.39 is 40.5 Å². The van der Waals surface area contributed by atoms with Gasteiger partial charge < -0.3 is 4.84 Å². The van der Waals surface area contributed by atoms with Crippen molar-refractivity contribution in [2.75, 3.05) is 0 Å². The second-order valence-electron chi connectivity index (χ2n) is 4.13. The van der Waals surface area contributed by atoms with Crippen LogP contribution >= 0.6 is 11.6 Å². The molecule has 0 saturated heterocycles. The Hall–Kier alpha value is -1.44. The third-order valence-electron chi connectivity index (χ3n) is 2.87. The molecule has 0 aromatic heterocycles. The molecule has 1 aromatic carbocycles. The van der Waals surface area contributed by atoms with Gasteiger partial charge in [-0.15, -0.1) is 5.16 Å². The van der Waals surface area contributed by atoms with Crippen molar-refractivity contribution in [2.24, 2.45) is 5.16 Å². The number of alkyl halides is 6. The molecule has 0 bridgehead atoms. The van der Waals surface area contributed by atoms with E-state index in [0.29, 0.717) is 12.1 Å². The minimum absolute atomic E-state index is 0.341. The molecule has 0 aliphatic carbocycles. The highest BCUT2D eigenvalue weighted by Crippen LogP contribution is 2.47. The summed E-state index contributed by atoms with van der Waals surface area (Å²) in [6.07, 6.45) is -10.5. The third kappa shape index (κ3) is 3.42. The van der Waals surface area contributed by atoms with E-state index in [9.17, 15) is 26.3 Å². The molecule has 0 fully saturated rings. The predicted molar refractivity (Wildman–Crippen MR) is 65.1 cm³/mol. The predicted octanol–water partition coefficient (Wildman–Crippen LogP) is 5.16. The SMILES string of the molecule is C=NOC(CC)(c1cc(Cl)cc(C(F)(F)F)c1)C(F)(F)F. The largest absolute Gasteiger partial charge is 0.435 e. The molecule has 118 valence electrons. The lowest BCUT2D eigenvalue weighted by Gasteiger charge is -2.33. The monoisotopic (exact) mass is 333 g/mol. The second kappa shape index (κ2) is 5.75. The van der Waals surface area contributed by atoms with Crippen LogP contribution in [0.3, 0.4) is 0 Å². The molecule has 1 aromatic rings. The van der Waals surface area contributed by atoms with Crippen LogP contribution in [-0.2, 0) is 16.6 Å². The van der Waals surface area contributed by atoms with Crippen molar-refractivity contribution < 1.29 is 31.2 Å². The summed E-state index contributed by atoms with van der Waals surface area (Å²) in [6.45, 7) is 3.90. The summed E-state index contributed by atoms with van der Waals surface area (Å²) in [4.78, 5) is 4.31. The van der Waals surface area contributed by atoms with Crippen LogP contribution in [0.15, 0.2) is 23.4 Å². The Morgan fingerprint density at radius 2 is 1.62 bits per heavy atom. The summed E-state index contributed by atoms with van der Waals surface area (Å²) < 4.78 is 77.9. The van der Waals surface area contributed by atoms with Crippen molar-refractivity contribution in [3.63, 3.8) is 0 Å². The molecule has 9 heteroatoms. The fourth-order valence-electron chi connectivity index (χ4n) is 1.83. The van der Waals surface area contributed by atoms with Crippen LogP contribution < -0.4 is 0 Å². The van der Waals surface area contributed by atoms with Crippen molar-refractivity contribution >= 4 is 18.3 Å². The van der Waals surface area contributed by atoms with Crippen molar-refractivity contribution in [3.05, 3.63) is 34.3 Å². The molecule has 0 heterocycles. The molecular formula is C12H10ClF6NO. The van der Waals surface area contributed by atoms with Gasteiger partial charge in [0, 0.05) is 23.7 Å². The lowest BCUT2D eigenvalue weighted by Crippen LogP contribution is -2.43. The molecule has 0 N–H and O–H groups in total. The number of oxime groups is 1. The molecule has 0 spiro atoms. The van der Waals surface area contributed by atoms with Crippen molar-refractivity contribution in [2.45, 2.75) is 31.3 Å². The molecular weight excluding hydrogens is 324 g/mol. The lowest BCUT2D eigenvalue weighted by molar-refractivity contribution is -0.286. The summed E-state index contributed by atoms with van der Waals surface area (Å²) in [6, 6.07) is 1.64. The topological polar surface area (TPSA) is 21.6 Å². The summed E-state index contributed by atoms with van der Waals surface area (Å²) in [5.41, 5.74) is -5.14. The van der Waals surface area contributed by atoms with E-state index in [1.54, 1.807) is 0 Å². The zero-order valence-electron chi connectivity index (χ0n) is 10.6. The summed E-state index contributed by atoms with van der Waals surface area (Å²) in [7, 11) is 0. The normalized spacial score (nSPS) is 15.4. The Morgan fingerprint density at radius 1 is 1.10 bits per heavy atom. The van der Waals surface area contributed by atoms with Crippen LogP contribution in [0.4, 0.5) is 26.3 Å². The van der Waals surface area contributed by atoms with Gasteiger partial charge in [0.15, 0.2) is 0 Å². The first kappa shape index (κ1) is 17.6. The van der Waals surface area contributed by atoms with Gasteiger partial charge in [-0.05, 0) is 18.2 Å². The Labute approximate surface area is 121 Å². The Balaban J connectivity index is 3.59. The number of hydrogen-bond donors (Lipinski definition) is 0. The number of halogens is 7. The average Bonchev–Trinajstić information content (AvgIpc) is 2.32. The van der Waals surface area contributed by atoms with Gasteiger partial charge in [-0.25, -0.2) is 0 Å². The zero-order chi connectivity index (χ0) is 16.5. The van der Waals surface area contributed by atoms with E-state index >= 15 is 0 Å². The molecule has 0 amide bonds. The Kier molecular flexibility index (Phi) is 4.82. The van der Waals surface area contributed by atoms with Crippen molar-refractivity contribution in [1.29, 1.82) is 0 Å². The van der Waals surface area contributed by atoms with Crippen LogP contribution in [0.5, 0.6) is 0 Å². The summed E-state index contributed by atoms with van der Waals surface area (Å²) in [5.74, 6) is 0. The fourth-order valence-corrected chi connectivity index (χ4v) is 2.07. The van der Waals surface area contributed by atoms with E-state index in [1.807, 2.05) is 0 Å². The number of hydrogen-bond acceptors (Lipinski definition) is 2. The first-order valence-corrected chi connectivity index (χ1v) is 5.95. The molecule has 0 aliphatic heterocycles. The Bertz CT molecular complexity index is 527. The summed E-state index contributed by atoms with van der Waals surface area (Å²) in [5, 5.41) is 2.26. The van der Waals surface area contributed by atoms with Gasteiger partial charge in [-0.3, -0.25) is 0 Å². The quantitative estimate of drug-likeness (QED) is 0.424. The van der Waals surface area contributed by atoms with Gasteiger partial charge >= 0.3 is 12.4 Å². The van der Waals surface area contributed by atoms with Crippen LogP contribution in [0, 0.1) is 0 Å². The van der Waals surface area contributed by atoms with Gasteiger partial charge in [-0.2, -0.15) is 26.3 Å². The minimum Gasteiger partial charge on any atom is -0.375 e. The van der Waals surface area contributed by atoms with Gasteiger partial charge in [0.1, 0.15) is 0 Å². The maximum atomic E-state index is 13.3. The van der Waals surface area contributed by atoms with Crippen LogP contribution in [0.2, 0.25) is 5.02 Å². The maximum Gasteiger partial charge on any atom is 0.435 e. The van der Waals surface area contributed by atoms with Gasteiger partial charge in [0.05, 0.1) is 5.56 Å². The Morgan fingerprint density at radius 3 is 2.00 bits per heavy atom. The molecule has 1 rings (SSSR count). The number of benzene rings is 1. The minimum atomic E-state index is -5.00. The van der Waals surface area contributed by atoms with Crippen molar-refractivity contribution in [1.82, 2.24) is 0 Å². The maximum absolute atomic E-state index is 13.3. The molecule has 2 nitrogen and oxygen atoms in total. The van der Waals surface area contributed by atoms with Gasteiger partial charge in [-0.1, -0.05) is 18.5 Å². The van der Waals surface area contributed by atoms with Gasteiger partial charge in [0.2, 0.25) is 0 Å². The first-order chi connectivity index (χ1) is 9.48. The second-order valence-corrected chi connectivity index (χ2v) is 4.56. The van der Waals surface area contributed by atoms with E-state index in [0.717, 1.165) is 13.0 Å². The summed E-state index contributed by atoms with van der Waals surface area (Å²) >= 11 is 5.50. The molecule has 1 atom stereocenters. The van der Waals surface area contributed by atoms with Crippen LogP contribution in [-0.4, -0.2) is 12.9 Å². The van der Waals surface area contributed by atoms with Crippen molar-refractivity contribution in [3.8, 4) is 0 Å². The lowest BCUT2D eigenvalue weighted by atomic mass is 9.89. The van der Waals surface area contributed by atoms with E-state index in [4.69, 9.17) is 11.6 Å². The fraction of sp³-hybridized carbons (Fsp3) is 0.417. The zero-order valence-corrected chi connectivity index (χ0v) is 11.4. The van der Waals surface area contributed by atoms with E-state index in [2.05, 4.69) is 16.7 Å².